The molecule has 0 aromatic heterocycles. The summed E-state index contributed by atoms with van der Waals surface area (Å²) >= 11 is 0. The number of aliphatic hydroxyl groups is 2. The van der Waals surface area contributed by atoms with Crippen LogP contribution < -0.4 is 0 Å². The van der Waals surface area contributed by atoms with Gasteiger partial charge in [-0.3, -0.25) is 24.0 Å². The van der Waals surface area contributed by atoms with E-state index < -0.39 is 81.0 Å². The van der Waals surface area contributed by atoms with Crippen LogP contribution in [0.3, 0.4) is 0 Å². The number of benzene rings is 2. The second-order valence-corrected chi connectivity index (χ2v) is 13.6. The molecule has 2 fully saturated rings. The Kier molecular flexibility index (Phi) is 7.50. The molecule has 2 saturated carbocycles. The fraction of sp³-hybridized carbons (Fsp3) is 0.472. The summed E-state index contributed by atoms with van der Waals surface area (Å²) in [4.78, 5) is 69.0. The first-order valence-electron chi connectivity index (χ1n) is 15.2. The van der Waals surface area contributed by atoms with Crippen molar-refractivity contribution in [2.24, 2.45) is 34.5 Å². The summed E-state index contributed by atoms with van der Waals surface area (Å²) in [5, 5.41) is 35.8. The summed E-state index contributed by atoms with van der Waals surface area (Å²) in [6.07, 6.45) is 2.66. The molecule has 0 heterocycles. The summed E-state index contributed by atoms with van der Waals surface area (Å²) < 4.78 is 0. The predicted molar refractivity (Wildman–Crippen MR) is 164 cm³/mol. The van der Waals surface area contributed by atoms with E-state index in [0.29, 0.717) is 11.1 Å². The molecule has 232 valence electrons. The molecule has 2 aromatic rings. The number of aliphatic hydroxyl groups excluding tert-OH is 1. The van der Waals surface area contributed by atoms with Crippen LogP contribution in [0.15, 0.2) is 36.4 Å². The number of carbonyl (C=O) groups is 5. The van der Waals surface area contributed by atoms with Crippen molar-refractivity contribution in [2.75, 3.05) is 0 Å². The zero-order chi connectivity index (χ0) is 32.7. The van der Waals surface area contributed by atoms with E-state index in [1.807, 2.05) is 24.3 Å². The number of carbonyl (C=O) groups excluding carboxylic acids is 5. The van der Waals surface area contributed by atoms with E-state index in [0.717, 1.165) is 18.9 Å². The van der Waals surface area contributed by atoms with Gasteiger partial charge in [-0.2, -0.15) is 0 Å². The summed E-state index contributed by atoms with van der Waals surface area (Å²) in [5.41, 5.74) is -3.88. The van der Waals surface area contributed by atoms with Gasteiger partial charge in [-0.05, 0) is 41.9 Å². The maximum atomic E-state index is 14.5. The molecule has 8 heteroatoms. The molecule has 5 rings (SSSR count). The largest absolute Gasteiger partial charge is 0.507 e. The van der Waals surface area contributed by atoms with E-state index in [9.17, 15) is 39.3 Å². The van der Waals surface area contributed by atoms with Gasteiger partial charge in [0.15, 0.2) is 28.7 Å². The van der Waals surface area contributed by atoms with Crippen LogP contribution in [-0.2, 0) is 25.6 Å². The molecule has 0 radical (unpaired) electrons. The number of rotatable bonds is 5. The highest BCUT2D eigenvalue weighted by atomic mass is 16.3. The van der Waals surface area contributed by atoms with Crippen LogP contribution in [0.5, 0.6) is 5.75 Å². The summed E-state index contributed by atoms with van der Waals surface area (Å²) in [7, 11) is 0. The molecule has 3 N–H and O–H groups in total. The number of fused-ring (bicyclic) bond motifs is 3. The number of phenols is 1. The van der Waals surface area contributed by atoms with Gasteiger partial charge in [0.05, 0.1) is 17.6 Å². The molecule has 8 nitrogen and oxygen atoms in total. The monoisotopic (exact) mass is 600 g/mol. The maximum absolute atomic E-state index is 14.5. The fourth-order valence-corrected chi connectivity index (χ4v) is 8.56. The lowest BCUT2D eigenvalue weighted by Gasteiger charge is -2.65. The number of phenolic OH excluding ortho intramolecular Hbond substituents is 1. The van der Waals surface area contributed by atoms with Gasteiger partial charge in [-0.25, -0.2) is 0 Å². The van der Waals surface area contributed by atoms with E-state index in [4.69, 9.17) is 0 Å². The minimum absolute atomic E-state index is 0.112. The molecular formula is C36H40O8. The van der Waals surface area contributed by atoms with Gasteiger partial charge in [0, 0.05) is 22.3 Å². The number of hydrogen-bond acceptors (Lipinski definition) is 8. The highest BCUT2D eigenvalue weighted by molar-refractivity contribution is 6.33. The Balaban J connectivity index is 1.68. The van der Waals surface area contributed by atoms with Crippen molar-refractivity contribution in [1.29, 1.82) is 0 Å². The molecular weight excluding hydrogens is 560 g/mol. The van der Waals surface area contributed by atoms with Gasteiger partial charge >= 0.3 is 0 Å². The zero-order valence-electron chi connectivity index (χ0n) is 26.2. The lowest BCUT2D eigenvalue weighted by Crippen LogP contribution is -2.81. The average molecular weight is 601 g/mol. The standard InChI is InChI=1S/C36H40O8/c1-8-20-9-11-21(12-10-20)13-14-22-15-16-23-18(4)34(6)27(30(40)25(23)28(22)38)32(42)36(44)31(41)24(19(5)37)29(39)26(17(2)3)35(36,7)33(34)43/h9-18,24,26-27,33,38,43-44H,8H2,1-7H3/b14-13+/t18-,24?,26?,27?,33-,34+,35+,36+/m1/s1. The zero-order valence-corrected chi connectivity index (χ0v) is 26.2. The Morgan fingerprint density at radius 3 is 2.14 bits per heavy atom. The van der Waals surface area contributed by atoms with Crippen molar-refractivity contribution in [1.82, 2.24) is 0 Å². The lowest BCUT2D eigenvalue weighted by atomic mass is 9.37. The average Bonchev–Trinajstić information content (AvgIpc) is 2.96. The number of ketones is 5. The van der Waals surface area contributed by atoms with Gasteiger partial charge in [0.25, 0.3) is 0 Å². The smallest absolute Gasteiger partial charge is 0.191 e. The van der Waals surface area contributed by atoms with Crippen molar-refractivity contribution < 1.29 is 39.3 Å². The number of Topliss-reactive ketones (excluding diaryl/α,β-unsaturated/α-hetero) is 5. The molecule has 0 bridgehead atoms. The SMILES string of the molecule is CCc1ccc(/C=C/c2ccc3c(c2O)C(=O)C2C(=O)[C@@]4(O)C(=O)C(C(C)=O)C(=O)C(C(C)C)[C@@]4(C)[C@H](O)[C@@]2(C)[C@@H]3C)cc1. The van der Waals surface area contributed by atoms with Gasteiger partial charge in [0.2, 0.25) is 0 Å². The maximum Gasteiger partial charge on any atom is 0.191 e. The normalized spacial score (nSPS) is 35.1. The molecule has 44 heavy (non-hydrogen) atoms. The lowest BCUT2D eigenvalue weighted by molar-refractivity contribution is -0.240. The van der Waals surface area contributed by atoms with Crippen molar-refractivity contribution in [3.05, 3.63) is 64.2 Å². The molecule has 8 atom stereocenters. The van der Waals surface area contributed by atoms with Crippen LogP contribution in [-0.4, -0.2) is 55.9 Å². The van der Waals surface area contributed by atoms with Crippen LogP contribution in [0, 0.1) is 34.5 Å². The van der Waals surface area contributed by atoms with Crippen LogP contribution in [0.25, 0.3) is 12.2 Å². The van der Waals surface area contributed by atoms with Crippen LogP contribution in [0.2, 0.25) is 0 Å². The Morgan fingerprint density at radius 1 is 0.977 bits per heavy atom. The molecule has 0 spiro atoms. The molecule has 0 amide bonds. The quantitative estimate of drug-likeness (QED) is 0.339. The Bertz CT molecular complexity index is 1630. The van der Waals surface area contributed by atoms with Gasteiger partial charge < -0.3 is 15.3 Å². The topological polar surface area (TPSA) is 146 Å². The first-order valence-corrected chi connectivity index (χ1v) is 15.2. The van der Waals surface area contributed by atoms with Crippen molar-refractivity contribution in [2.45, 2.75) is 72.5 Å². The fourth-order valence-electron chi connectivity index (χ4n) is 8.56. The third-order valence-corrected chi connectivity index (χ3v) is 11.1. The summed E-state index contributed by atoms with van der Waals surface area (Å²) in [5.74, 6) is -11.3. The van der Waals surface area contributed by atoms with Gasteiger partial charge in [0.1, 0.15) is 17.5 Å². The molecule has 0 aliphatic heterocycles. The van der Waals surface area contributed by atoms with Gasteiger partial charge in [-0.1, -0.05) is 90.1 Å². The van der Waals surface area contributed by atoms with E-state index in [1.165, 1.54) is 12.5 Å². The first-order chi connectivity index (χ1) is 20.5. The first kappa shape index (κ1) is 31.7. The minimum Gasteiger partial charge on any atom is -0.507 e. The summed E-state index contributed by atoms with van der Waals surface area (Å²) in [6.45, 7) is 11.1. The molecule has 3 aliphatic carbocycles. The number of hydrogen-bond donors (Lipinski definition) is 3. The molecule has 3 unspecified atom stereocenters. The third kappa shape index (κ3) is 3.86. The number of aryl methyl sites for hydroxylation is 1. The summed E-state index contributed by atoms with van der Waals surface area (Å²) in [6, 6.07) is 11.2. The minimum atomic E-state index is -2.99. The van der Waals surface area contributed by atoms with Crippen LogP contribution >= 0.6 is 0 Å². The second-order valence-electron chi connectivity index (χ2n) is 13.6. The van der Waals surface area contributed by atoms with E-state index in [2.05, 4.69) is 6.92 Å². The van der Waals surface area contributed by atoms with Crippen LogP contribution in [0.1, 0.15) is 87.0 Å². The van der Waals surface area contributed by atoms with E-state index in [1.54, 1.807) is 52.0 Å². The van der Waals surface area contributed by atoms with Crippen molar-refractivity contribution >= 4 is 41.1 Å². The predicted octanol–water partition coefficient (Wildman–Crippen LogP) is 4.36. The molecule has 3 aliphatic rings. The Labute approximate surface area is 257 Å². The van der Waals surface area contributed by atoms with Crippen molar-refractivity contribution in [3.63, 3.8) is 0 Å². The molecule has 0 saturated heterocycles. The third-order valence-electron chi connectivity index (χ3n) is 11.1. The Morgan fingerprint density at radius 2 is 1.59 bits per heavy atom. The highest BCUT2D eigenvalue weighted by Crippen LogP contribution is 2.66. The van der Waals surface area contributed by atoms with Crippen LogP contribution in [0.4, 0.5) is 0 Å². The Hall–Kier alpha value is -3.75. The van der Waals surface area contributed by atoms with Gasteiger partial charge in [-0.15, -0.1) is 0 Å². The van der Waals surface area contributed by atoms with E-state index >= 15 is 0 Å². The van der Waals surface area contributed by atoms with Crippen molar-refractivity contribution in [3.8, 4) is 5.75 Å². The highest BCUT2D eigenvalue weighted by Gasteiger charge is 2.80. The second kappa shape index (κ2) is 10.4. The van der Waals surface area contributed by atoms with E-state index in [-0.39, 0.29) is 11.3 Å². The number of aromatic hydroxyl groups is 1. The molecule has 2 aromatic carbocycles.